The minimum Gasteiger partial charge on any atom is -0.299 e. The van der Waals surface area contributed by atoms with Crippen LogP contribution >= 0.6 is 0 Å². The third kappa shape index (κ3) is 5.87. The van der Waals surface area contributed by atoms with E-state index in [-0.39, 0.29) is 12.2 Å². The predicted octanol–water partition coefficient (Wildman–Crippen LogP) is 0.951. The summed E-state index contributed by atoms with van der Waals surface area (Å²) in [6.07, 6.45) is -0.403. The molecule has 0 bridgehead atoms. The van der Waals surface area contributed by atoms with Crippen molar-refractivity contribution in [3.05, 3.63) is 35.9 Å². The molecule has 0 aliphatic heterocycles. The molecule has 0 fully saturated rings. The zero-order chi connectivity index (χ0) is 16.8. The number of carbonyl (C=O) groups is 4. The molecule has 0 aliphatic rings. The second kappa shape index (κ2) is 7.49. The van der Waals surface area contributed by atoms with Gasteiger partial charge in [-0.15, -0.1) is 0 Å². The number of hydrogen-bond acceptors (Lipinski definition) is 4. The van der Waals surface area contributed by atoms with Crippen molar-refractivity contribution in [1.29, 1.82) is 0 Å². The molecule has 0 saturated heterocycles. The maximum absolute atomic E-state index is 11.7. The van der Waals surface area contributed by atoms with E-state index in [0.29, 0.717) is 0 Å². The first kappa shape index (κ1) is 17.6. The van der Waals surface area contributed by atoms with E-state index in [0.717, 1.165) is 5.56 Å². The average Bonchev–Trinajstić information content (AvgIpc) is 2.44. The highest BCUT2D eigenvalue weighted by Gasteiger charge is 2.26. The predicted molar refractivity (Wildman–Crippen MR) is 80.5 cm³/mol. The van der Waals surface area contributed by atoms with Gasteiger partial charge >= 0.3 is 5.91 Å². The lowest BCUT2D eigenvalue weighted by Gasteiger charge is -2.15. The maximum atomic E-state index is 11.7. The molecule has 2 N–H and O–H groups in total. The summed E-state index contributed by atoms with van der Waals surface area (Å²) in [4.78, 5) is 46.4. The van der Waals surface area contributed by atoms with Gasteiger partial charge in [-0.3, -0.25) is 30.0 Å². The van der Waals surface area contributed by atoms with Gasteiger partial charge in [0.05, 0.1) is 12.8 Å². The van der Waals surface area contributed by atoms with E-state index < -0.39 is 29.4 Å². The van der Waals surface area contributed by atoms with Gasteiger partial charge in [-0.05, 0) is 5.56 Å². The molecular formula is C16H20N2O4. The molecule has 22 heavy (non-hydrogen) atoms. The lowest BCUT2D eigenvalue weighted by atomic mass is 9.88. The number of benzene rings is 1. The molecular weight excluding hydrogens is 284 g/mol. The third-order valence-electron chi connectivity index (χ3n) is 2.93. The van der Waals surface area contributed by atoms with E-state index in [2.05, 4.69) is 5.43 Å². The van der Waals surface area contributed by atoms with Crippen molar-refractivity contribution >= 4 is 23.4 Å². The Morgan fingerprint density at radius 1 is 0.955 bits per heavy atom. The summed E-state index contributed by atoms with van der Waals surface area (Å²) < 4.78 is 0. The van der Waals surface area contributed by atoms with Gasteiger partial charge in [0.2, 0.25) is 11.7 Å². The van der Waals surface area contributed by atoms with E-state index in [1.165, 1.54) is 0 Å². The van der Waals surface area contributed by atoms with Crippen LogP contribution < -0.4 is 10.9 Å². The lowest BCUT2D eigenvalue weighted by molar-refractivity contribution is -0.142. The van der Waals surface area contributed by atoms with Crippen LogP contribution in [-0.2, 0) is 25.6 Å². The average molecular weight is 304 g/mol. The molecule has 6 nitrogen and oxygen atoms in total. The molecule has 0 aliphatic carbocycles. The van der Waals surface area contributed by atoms with Crippen molar-refractivity contribution in [2.75, 3.05) is 0 Å². The Morgan fingerprint density at radius 2 is 1.55 bits per heavy atom. The normalized spacial score (nSPS) is 10.7. The van der Waals surface area contributed by atoms with E-state index in [1.807, 2.05) is 11.5 Å². The molecule has 0 radical (unpaired) electrons. The van der Waals surface area contributed by atoms with Crippen molar-refractivity contribution in [2.24, 2.45) is 5.41 Å². The van der Waals surface area contributed by atoms with Crippen molar-refractivity contribution in [3.8, 4) is 0 Å². The first-order valence-electron chi connectivity index (χ1n) is 6.89. The maximum Gasteiger partial charge on any atom is 0.306 e. The van der Waals surface area contributed by atoms with Crippen LogP contribution in [0.5, 0.6) is 0 Å². The van der Waals surface area contributed by atoms with Gasteiger partial charge in [-0.2, -0.15) is 0 Å². The van der Waals surface area contributed by atoms with Crippen LogP contribution in [0.15, 0.2) is 30.3 Å². The Morgan fingerprint density at radius 3 is 2.09 bits per heavy atom. The van der Waals surface area contributed by atoms with Crippen LogP contribution in [0.4, 0.5) is 0 Å². The topological polar surface area (TPSA) is 92.3 Å². The smallest absolute Gasteiger partial charge is 0.299 e. The fourth-order valence-electron chi connectivity index (χ4n) is 1.51. The van der Waals surface area contributed by atoms with E-state index >= 15 is 0 Å². The van der Waals surface area contributed by atoms with Gasteiger partial charge in [-0.1, -0.05) is 51.1 Å². The van der Waals surface area contributed by atoms with Gasteiger partial charge in [-0.25, -0.2) is 0 Å². The Hall–Kier alpha value is -2.50. The fraction of sp³-hybridized carbons (Fsp3) is 0.375. The van der Waals surface area contributed by atoms with Crippen molar-refractivity contribution < 1.29 is 19.2 Å². The first-order chi connectivity index (χ1) is 10.2. The van der Waals surface area contributed by atoms with Crippen molar-refractivity contribution in [1.82, 2.24) is 10.9 Å². The second-order valence-corrected chi connectivity index (χ2v) is 5.94. The summed E-state index contributed by atoms with van der Waals surface area (Å²) in [6.45, 7) is 5.01. The zero-order valence-corrected chi connectivity index (χ0v) is 12.9. The molecule has 0 spiro atoms. The third-order valence-corrected chi connectivity index (χ3v) is 2.93. The number of amides is 2. The summed E-state index contributed by atoms with van der Waals surface area (Å²) in [5.41, 5.74) is 4.27. The minimum absolute atomic E-state index is 0.0796. The van der Waals surface area contributed by atoms with E-state index in [4.69, 9.17) is 0 Å². The van der Waals surface area contributed by atoms with Crippen LogP contribution in [0.25, 0.3) is 0 Å². The lowest BCUT2D eigenvalue weighted by Crippen LogP contribution is -2.46. The van der Waals surface area contributed by atoms with E-state index in [1.54, 1.807) is 45.0 Å². The van der Waals surface area contributed by atoms with Gasteiger partial charge in [0.15, 0.2) is 0 Å². The number of Topliss-reactive ketones (excluding diaryl/α,β-unsaturated/α-hetero) is 2. The Bertz CT molecular complexity index is 574. The van der Waals surface area contributed by atoms with Crippen molar-refractivity contribution in [2.45, 2.75) is 33.6 Å². The molecule has 118 valence electrons. The first-order valence-corrected chi connectivity index (χ1v) is 6.89. The van der Waals surface area contributed by atoms with Crippen LogP contribution in [0.2, 0.25) is 0 Å². The second-order valence-electron chi connectivity index (χ2n) is 5.94. The van der Waals surface area contributed by atoms with Crippen LogP contribution in [0.1, 0.15) is 32.8 Å². The highest BCUT2D eigenvalue weighted by Crippen LogP contribution is 2.16. The highest BCUT2D eigenvalue weighted by atomic mass is 16.2. The summed E-state index contributed by atoms with van der Waals surface area (Å²) in [5.74, 6) is -2.66. The zero-order valence-electron chi connectivity index (χ0n) is 12.9. The SMILES string of the molecule is CC(C)(C)C(=O)CC(=O)C(=O)NNC(=O)Cc1ccccc1. The van der Waals surface area contributed by atoms with E-state index in [9.17, 15) is 19.2 Å². The molecule has 1 aromatic carbocycles. The number of rotatable bonds is 5. The number of ketones is 2. The monoisotopic (exact) mass is 304 g/mol. The molecule has 1 rings (SSSR count). The highest BCUT2D eigenvalue weighted by molar-refractivity contribution is 6.39. The van der Waals surface area contributed by atoms with Gasteiger partial charge in [0.1, 0.15) is 5.78 Å². The summed E-state index contributed by atoms with van der Waals surface area (Å²) >= 11 is 0. The summed E-state index contributed by atoms with van der Waals surface area (Å²) in [6, 6.07) is 8.96. The fourth-order valence-corrected chi connectivity index (χ4v) is 1.51. The molecule has 6 heteroatoms. The van der Waals surface area contributed by atoms with Crippen LogP contribution in [0.3, 0.4) is 0 Å². The van der Waals surface area contributed by atoms with Gasteiger partial charge in [0, 0.05) is 5.41 Å². The minimum atomic E-state index is -1.00. The summed E-state index contributed by atoms with van der Waals surface area (Å²) in [7, 11) is 0. The standard InChI is InChI=1S/C16H20N2O4/c1-16(2,3)13(20)10-12(19)15(22)18-17-14(21)9-11-7-5-4-6-8-11/h4-8H,9-10H2,1-3H3,(H,17,21)(H,18,22). The number of nitrogens with one attached hydrogen (secondary N) is 2. The van der Waals surface area contributed by atoms with Gasteiger partial charge < -0.3 is 0 Å². The molecule has 2 amide bonds. The van der Waals surface area contributed by atoms with Crippen molar-refractivity contribution in [3.63, 3.8) is 0 Å². The largest absolute Gasteiger partial charge is 0.306 e. The number of carbonyl (C=O) groups excluding carboxylic acids is 4. The number of hydrogen-bond donors (Lipinski definition) is 2. The quantitative estimate of drug-likeness (QED) is 0.481. The summed E-state index contributed by atoms with van der Waals surface area (Å²) in [5, 5.41) is 0. The van der Waals surface area contributed by atoms with Crippen LogP contribution in [0, 0.1) is 5.41 Å². The Balaban J connectivity index is 2.41. The molecule has 0 atom stereocenters. The van der Waals surface area contributed by atoms with Crippen LogP contribution in [-0.4, -0.2) is 23.4 Å². The molecule has 1 aromatic rings. The Kier molecular flexibility index (Phi) is 5.98. The van der Waals surface area contributed by atoms with Gasteiger partial charge in [0.25, 0.3) is 0 Å². The molecule has 0 saturated carbocycles. The molecule has 0 aromatic heterocycles. The number of hydrazine groups is 1. The molecule has 0 unspecified atom stereocenters. The molecule has 0 heterocycles. The Labute approximate surface area is 129 Å².